The summed E-state index contributed by atoms with van der Waals surface area (Å²) in [6.45, 7) is 1.21. The number of Topliss-reactive ketones (excluding diaryl/α,β-unsaturated/α-hetero) is 1. The second kappa shape index (κ2) is 6.01. The minimum absolute atomic E-state index is 0.0378. The third-order valence-corrected chi connectivity index (χ3v) is 3.51. The minimum Gasteiger partial charge on any atom is -0.319 e. The predicted octanol–water partition coefficient (Wildman–Crippen LogP) is 2.33. The standard InChI is InChI=1S/C12H12F3NO2S/c1-6(17)11(19(2)3)12(18)16-8-5-4-7(13)9(14)10(8)15/h4-5H,1-3H3,(H,16,18). The molecule has 0 radical (unpaired) electrons. The predicted molar refractivity (Wildman–Crippen MR) is 70.1 cm³/mol. The zero-order valence-electron chi connectivity index (χ0n) is 10.5. The highest BCUT2D eigenvalue weighted by atomic mass is 32.2. The molecule has 1 aromatic rings. The van der Waals surface area contributed by atoms with Crippen LogP contribution in [0.15, 0.2) is 12.1 Å². The summed E-state index contributed by atoms with van der Waals surface area (Å²) < 4.78 is 39.1. The fourth-order valence-corrected chi connectivity index (χ4v) is 2.43. The van der Waals surface area contributed by atoms with Gasteiger partial charge in [0.05, 0.1) is 5.69 Å². The lowest BCUT2D eigenvalue weighted by atomic mass is 10.2. The van der Waals surface area contributed by atoms with Crippen LogP contribution in [0.25, 0.3) is 0 Å². The van der Waals surface area contributed by atoms with Crippen LogP contribution >= 0.6 is 10.5 Å². The second-order valence-electron chi connectivity index (χ2n) is 3.88. The molecule has 19 heavy (non-hydrogen) atoms. The summed E-state index contributed by atoms with van der Waals surface area (Å²) in [4.78, 5) is 23.1. The van der Waals surface area contributed by atoms with Gasteiger partial charge in [-0.25, -0.2) is 13.2 Å². The van der Waals surface area contributed by atoms with Gasteiger partial charge in [-0.3, -0.25) is 9.59 Å². The Bertz CT molecular complexity index is 581. The average Bonchev–Trinajstić information content (AvgIpc) is 2.29. The van der Waals surface area contributed by atoms with Crippen LogP contribution in [0.5, 0.6) is 0 Å². The fraction of sp³-hybridized carbons (Fsp3) is 0.250. The highest BCUT2D eigenvalue weighted by Crippen LogP contribution is 2.20. The molecule has 0 bridgehead atoms. The Kier molecular flexibility index (Phi) is 4.88. The Morgan fingerprint density at radius 3 is 2.16 bits per heavy atom. The molecule has 0 fully saturated rings. The van der Waals surface area contributed by atoms with Crippen molar-refractivity contribution in [3.8, 4) is 0 Å². The van der Waals surface area contributed by atoms with Gasteiger partial charge in [0.25, 0.3) is 5.91 Å². The van der Waals surface area contributed by atoms with Crippen molar-refractivity contribution in [2.24, 2.45) is 0 Å². The van der Waals surface area contributed by atoms with Gasteiger partial charge in [0.15, 0.2) is 23.2 Å². The number of hydrogen-bond acceptors (Lipinski definition) is 2. The number of nitrogens with one attached hydrogen (secondary N) is 1. The largest absolute Gasteiger partial charge is 0.319 e. The Morgan fingerprint density at radius 1 is 1.11 bits per heavy atom. The van der Waals surface area contributed by atoms with E-state index in [4.69, 9.17) is 0 Å². The number of benzene rings is 1. The molecule has 1 N–H and O–H groups in total. The summed E-state index contributed by atoms with van der Waals surface area (Å²) in [5.74, 6) is -5.78. The molecule has 3 nitrogen and oxygen atoms in total. The first-order chi connectivity index (χ1) is 8.75. The first-order valence-corrected chi connectivity index (χ1v) is 7.20. The highest BCUT2D eigenvalue weighted by Gasteiger charge is 2.20. The van der Waals surface area contributed by atoms with E-state index in [0.29, 0.717) is 6.07 Å². The van der Waals surface area contributed by atoms with Crippen LogP contribution in [-0.2, 0) is 9.59 Å². The normalized spacial score (nSPS) is 10.5. The highest BCUT2D eigenvalue weighted by molar-refractivity contribution is 8.16. The maximum Gasteiger partial charge on any atom is 0.264 e. The first-order valence-electron chi connectivity index (χ1n) is 5.16. The van der Waals surface area contributed by atoms with Gasteiger partial charge in [0.2, 0.25) is 0 Å². The molecule has 0 aliphatic rings. The van der Waals surface area contributed by atoms with Gasteiger partial charge >= 0.3 is 0 Å². The van der Waals surface area contributed by atoms with Crippen LogP contribution < -0.4 is 5.32 Å². The van der Waals surface area contributed by atoms with Gasteiger partial charge in [0, 0.05) is 0 Å². The SMILES string of the molecule is CC(=O)C(C(=O)Nc1ccc(F)c(F)c1F)=S(C)C. The third kappa shape index (κ3) is 3.44. The van der Waals surface area contributed by atoms with E-state index in [1.165, 1.54) is 6.92 Å². The smallest absolute Gasteiger partial charge is 0.264 e. The summed E-state index contributed by atoms with van der Waals surface area (Å²) in [5.41, 5.74) is -0.506. The number of hydrogen-bond donors (Lipinski definition) is 1. The molecule has 0 unspecified atom stereocenters. The lowest BCUT2D eigenvalue weighted by Gasteiger charge is -2.09. The average molecular weight is 291 g/mol. The Balaban J connectivity index is 3.11. The van der Waals surface area contributed by atoms with E-state index in [1.807, 2.05) is 0 Å². The minimum atomic E-state index is -1.67. The summed E-state index contributed by atoms with van der Waals surface area (Å²) in [6.07, 6.45) is 3.30. The molecule has 0 aliphatic carbocycles. The molecule has 0 atom stereocenters. The molecule has 0 spiro atoms. The molecule has 1 amide bonds. The van der Waals surface area contributed by atoms with E-state index in [9.17, 15) is 22.8 Å². The van der Waals surface area contributed by atoms with E-state index < -0.39 is 45.3 Å². The van der Waals surface area contributed by atoms with Crippen LogP contribution in [0.1, 0.15) is 6.92 Å². The number of carbonyl (C=O) groups excluding carboxylic acids is 2. The number of rotatable bonds is 3. The molecular formula is C12H12F3NO2S. The van der Waals surface area contributed by atoms with Gasteiger partial charge < -0.3 is 5.32 Å². The van der Waals surface area contributed by atoms with Gasteiger partial charge in [-0.1, -0.05) is 0 Å². The number of anilines is 1. The molecule has 0 aromatic heterocycles. The number of amides is 1. The summed E-state index contributed by atoms with van der Waals surface area (Å²) in [7, 11) is -0.639. The van der Waals surface area contributed by atoms with Crippen molar-refractivity contribution in [3.63, 3.8) is 0 Å². The van der Waals surface area contributed by atoms with E-state index >= 15 is 0 Å². The molecule has 0 saturated carbocycles. The van der Waals surface area contributed by atoms with Crippen molar-refractivity contribution in [3.05, 3.63) is 29.6 Å². The van der Waals surface area contributed by atoms with Gasteiger partial charge in [-0.05, 0) is 31.6 Å². The van der Waals surface area contributed by atoms with Crippen molar-refractivity contribution < 1.29 is 22.8 Å². The maximum absolute atomic E-state index is 13.4. The number of halogens is 3. The Hall–Kier alpha value is -1.63. The van der Waals surface area contributed by atoms with Crippen LogP contribution in [0, 0.1) is 17.5 Å². The molecule has 0 saturated heterocycles. The zero-order chi connectivity index (χ0) is 14.7. The second-order valence-corrected chi connectivity index (χ2v) is 5.92. The molecule has 104 valence electrons. The lowest BCUT2D eigenvalue weighted by Crippen LogP contribution is -2.29. The van der Waals surface area contributed by atoms with Gasteiger partial charge in [-0.15, -0.1) is 0 Å². The van der Waals surface area contributed by atoms with E-state index in [-0.39, 0.29) is 4.86 Å². The molecular weight excluding hydrogens is 279 g/mol. The van der Waals surface area contributed by atoms with Crippen LogP contribution in [-0.4, -0.2) is 29.1 Å². The maximum atomic E-state index is 13.4. The zero-order valence-corrected chi connectivity index (χ0v) is 11.3. The lowest BCUT2D eigenvalue weighted by molar-refractivity contribution is -0.114. The van der Waals surface area contributed by atoms with Gasteiger partial charge in [0.1, 0.15) is 4.86 Å². The Labute approximate surface area is 110 Å². The van der Waals surface area contributed by atoms with E-state index in [2.05, 4.69) is 5.32 Å². The number of carbonyl (C=O) groups is 2. The van der Waals surface area contributed by atoms with Crippen molar-refractivity contribution in [1.82, 2.24) is 0 Å². The number of ketones is 1. The monoisotopic (exact) mass is 291 g/mol. The molecule has 0 heterocycles. The molecule has 0 aliphatic heterocycles. The summed E-state index contributed by atoms with van der Waals surface area (Å²) >= 11 is 0. The van der Waals surface area contributed by atoms with Crippen molar-refractivity contribution >= 4 is 32.7 Å². The van der Waals surface area contributed by atoms with E-state index in [1.54, 1.807) is 12.5 Å². The fourth-order valence-electron chi connectivity index (χ4n) is 1.43. The molecule has 1 aromatic carbocycles. The topological polar surface area (TPSA) is 46.2 Å². The quantitative estimate of drug-likeness (QED) is 0.528. The summed E-state index contributed by atoms with van der Waals surface area (Å²) in [5, 5.41) is 2.07. The Morgan fingerprint density at radius 2 is 1.68 bits per heavy atom. The third-order valence-electron chi connectivity index (χ3n) is 2.22. The van der Waals surface area contributed by atoms with Crippen LogP contribution in [0.3, 0.4) is 0 Å². The van der Waals surface area contributed by atoms with Crippen molar-refractivity contribution in [2.45, 2.75) is 6.92 Å². The first kappa shape index (κ1) is 15.4. The molecule has 7 heteroatoms. The molecule has 1 rings (SSSR count). The van der Waals surface area contributed by atoms with Crippen molar-refractivity contribution in [2.75, 3.05) is 17.8 Å². The van der Waals surface area contributed by atoms with Crippen LogP contribution in [0.2, 0.25) is 0 Å². The van der Waals surface area contributed by atoms with Crippen molar-refractivity contribution in [1.29, 1.82) is 0 Å². The van der Waals surface area contributed by atoms with Crippen LogP contribution in [0.4, 0.5) is 18.9 Å². The summed E-state index contributed by atoms with van der Waals surface area (Å²) in [6, 6.07) is 1.59. The van der Waals surface area contributed by atoms with E-state index in [0.717, 1.165) is 6.07 Å². The van der Waals surface area contributed by atoms with Gasteiger partial charge in [-0.2, -0.15) is 10.5 Å².